The van der Waals surface area contributed by atoms with Crippen LogP contribution in [0, 0.1) is 0 Å². The normalized spacial score (nSPS) is 13.0. The predicted octanol–water partition coefficient (Wildman–Crippen LogP) is 1.68. The Morgan fingerprint density at radius 3 is 1.50 bits per heavy atom. The molecule has 6 nitrogen and oxygen atoms in total. The number of para-hydroxylation sites is 2. The molecular weight excluding hydrogens is 352 g/mol. The number of rotatable bonds is 2. The quantitative estimate of drug-likeness (QED) is 0.381. The van der Waals surface area contributed by atoms with Crippen LogP contribution in [-0.4, -0.2) is 19.9 Å². The Hall–Kier alpha value is -4.06. The highest BCUT2D eigenvalue weighted by Crippen LogP contribution is 2.18. The number of hydrogen-bond acceptors (Lipinski definition) is 2. The van der Waals surface area contributed by atoms with E-state index in [0.717, 1.165) is 32.9 Å². The van der Waals surface area contributed by atoms with Crippen LogP contribution in [0.2, 0.25) is 0 Å². The van der Waals surface area contributed by atoms with Gasteiger partial charge in [0.2, 0.25) is 0 Å². The van der Waals surface area contributed by atoms with Crippen LogP contribution in [0.5, 0.6) is 0 Å². The summed E-state index contributed by atoms with van der Waals surface area (Å²) in [5, 5.41) is 2.39. The first kappa shape index (κ1) is 16.1. The van der Waals surface area contributed by atoms with Gasteiger partial charge in [-0.15, -0.1) is 0 Å². The molecule has 0 radical (unpaired) electrons. The molecule has 6 heteroatoms. The highest BCUT2D eigenvalue weighted by Gasteiger charge is 2.03. The Balaban J connectivity index is 1.67. The molecule has 0 amide bonds. The SMILES string of the molecule is O=c1[nH]/c(=C\c2c[nH]c3ccccc23)c(=O)[nH]/c1=C\c1c[nH]c2ccccc12. The lowest BCUT2D eigenvalue weighted by atomic mass is 10.1. The molecule has 0 aliphatic heterocycles. The maximum Gasteiger partial charge on any atom is 0.272 e. The second-order valence-corrected chi connectivity index (χ2v) is 6.60. The van der Waals surface area contributed by atoms with Crippen molar-refractivity contribution in [2.24, 2.45) is 0 Å². The molecule has 28 heavy (non-hydrogen) atoms. The molecule has 3 heterocycles. The molecular formula is C22H16N4O2. The molecule has 0 aliphatic rings. The molecule has 0 aliphatic carbocycles. The molecule has 0 bridgehead atoms. The summed E-state index contributed by atoms with van der Waals surface area (Å²) in [6.45, 7) is 0. The van der Waals surface area contributed by atoms with Gasteiger partial charge in [-0.1, -0.05) is 36.4 Å². The molecule has 2 aromatic carbocycles. The summed E-state index contributed by atoms with van der Waals surface area (Å²) in [7, 11) is 0. The highest BCUT2D eigenvalue weighted by atomic mass is 16.1. The summed E-state index contributed by atoms with van der Waals surface area (Å²) in [5.74, 6) is 0. The van der Waals surface area contributed by atoms with E-state index < -0.39 is 0 Å². The van der Waals surface area contributed by atoms with E-state index in [1.165, 1.54) is 0 Å². The van der Waals surface area contributed by atoms with Crippen molar-refractivity contribution in [3.05, 3.63) is 103 Å². The van der Waals surface area contributed by atoms with Gasteiger partial charge in [-0.3, -0.25) is 9.59 Å². The van der Waals surface area contributed by atoms with Crippen molar-refractivity contribution < 1.29 is 0 Å². The minimum Gasteiger partial charge on any atom is -0.361 e. The average Bonchev–Trinajstić information content (AvgIpc) is 3.30. The van der Waals surface area contributed by atoms with Gasteiger partial charge in [0.25, 0.3) is 11.1 Å². The average molecular weight is 368 g/mol. The molecule has 3 aromatic heterocycles. The lowest BCUT2D eigenvalue weighted by Crippen LogP contribution is -2.46. The number of fused-ring (bicyclic) bond motifs is 2. The van der Waals surface area contributed by atoms with Crippen molar-refractivity contribution in [2.75, 3.05) is 0 Å². The van der Waals surface area contributed by atoms with Crippen molar-refractivity contribution >= 4 is 34.0 Å². The molecule has 0 spiro atoms. The van der Waals surface area contributed by atoms with Gasteiger partial charge in [0, 0.05) is 45.3 Å². The Bertz CT molecular complexity index is 1440. The molecule has 5 rings (SSSR count). The molecule has 0 saturated heterocycles. The van der Waals surface area contributed by atoms with Gasteiger partial charge in [-0.25, -0.2) is 0 Å². The molecule has 136 valence electrons. The Kier molecular flexibility index (Phi) is 3.62. The van der Waals surface area contributed by atoms with Crippen molar-refractivity contribution in [2.45, 2.75) is 0 Å². The van der Waals surface area contributed by atoms with Crippen LogP contribution < -0.4 is 21.8 Å². The fraction of sp³-hybridized carbons (Fsp3) is 0. The second kappa shape index (κ2) is 6.28. The zero-order valence-electron chi connectivity index (χ0n) is 14.7. The molecule has 4 N–H and O–H groups in total. The lowest BCUT2D eigenvalue weighted by Gasteiger charge is -1.93. The van der Waals surface area contributed by atoms with Gasteiger partial charge >= 0.3 is 0 Å². The number of hydrogen-bond donors (Lipinski definition) is 4. The predicted molar refractivity (Wildman–Crippen MR) is 111 cm³/mol. The second-order valence-electron chi connectivity index (χ2n) is 6.60. The van der Waals surface area contributed by atoms with E-state index in [1.807, 2.05) is 60.9 Å². The van der Waals surface area contributed by atoms with E-state index in [4.69, 9.17) is 0 Å². The van der Waals surface area contributed by atoms with Gasteiger partial charge < -0.3 is 19.9 Å². The third-order valence-electron chi connectivity index (χ3n) is 4.83. The molecule has 0 fully saturated rings. The molecule has 0 atom stereocenters. The monoisotopic (exact) mass is 368 g/mol. The van der Waals surface area contributed by atoms with E-state index in [9.17, 15) is 9.59 Å². The fourth-order valence-electron chi connectivity index (χ4n) is 3.43. The minimum absolute atomic E-state index is 0.214. The number of nitrogens with one attached hydrogen (secondary N) is 4. The topological polar surface area (TPSA) is 97.3 Å². The maximum atomic E-state index is 12.6. The summed E-state index contributed by atoms with van der Waals surface area (Å²) >= 11 is 0. The van der Waals surface area contributed by atoms with E-state index in [-0.39, 0.29) is 21.8 Å². The van der Waals surface area contributed by atoms with Gasteiger partial charge in [-0.2, -0.15) is 0 Å². The van der Waals surface area contributed by atoms with Crippen LogP contribution in [0.25, 0.3) is 34.0 Å². The first-order valence-corrected chi connectivity index (χ1v) is 8.87. The van der Waals surface area contributed by atoms with Crippen LogP contribution >= 0.6 is 0 Å². The van der Waals surface area contributed by atoms with E-state index in [0.29, 0.717) is 0 Å². The van der Waals surface area contributed by atoms with Crippen molar-refractivity contribution in [3.8, 4) is 0 Å². The third-order valence-corrected chi connectivity index (χ3v) is 4.83. The lowest BCUT2D eigenvalue weighted by molar-refractivity contribution is 1.00. The number of aromatic amines is 4. The largest absolute Gasteiger partial charge is 0.361 e. The minimum atomic E-state index is -0.351. The van der Waals surface area contributed by atoms with E-state index in [2.05, 4.69) is 19.9 Å². The summed E-state index contributed by atoms with van der Waals surface area (Å²) < 4.78 is 0. The Labute approximate surface area is 157 Å². The van der Waals surface area contributed by atoms with Crippen LogP contribution in [0.15, 0.2) is 70.5 Å². The van der Waals surface area contributed by atoms with Gasteiger partial charge in [-0.05, 0) is 24.3 Å². The van der Waals surface area contributed by atoms with Crippen molar-refractivity contribution in [1.82, 2.24) is 19.9 Å². The van der Waals surface area contributed by atoms with Gasteiger partial charge in [0.1, 0.15) is 10.7 Å². The summed E-state index contributed by atoms with van der Waals surface area (Å²) in [6, 6.07) is 15.6. The number of benzene rings is 2. The van der Waals surface area contributed by atoms with Crippen LogP contribution in [0.3, 0.4) is 0 Å². The number of H-pyrrole nitrogens is 4. The van der Waals surface area contributed by atoms with Crippen LogP contribution in [0.1, 0.15) is 11.1 Å². The standard InChI is InChI=1S/C22H16N4O2/c27-21-19(9-13-11-23-17-7-3-1-5-15(13)17)25-22(28)20(26-21)10-14-12-24-18-8-4-2-6-16(14)18/h1-12,23-24H,(H,25,28)(H,26,27)/b19-9-,20-10-. The Morgan fingerprint density at radius 2 is 1.04 bits per heavy atom. The first-order valence-electron chi connectivity index (χ1n) is 8.87. The van der Waals surface area contributed by atoms with E-state index >= 15 is 0 Å². The molecule has 5 aromatic rings. The van der Waals surface area contributed by atoms with Gasteiger partial charge in [0.15, 0.2) is 0 Å². The van der Waals surface area contributed by atoms with Crippen LogP contribution in [-0.2, 0) is 0 Å². The zero-order valence-corrected chi connectivity index (χ0v) is 14.7. The van der Waals surface area contributed by atoms with Crippen molar-refractivity contribution in [3.63, 3.8) is 0 Å². The maximum absolute atomic E-state index is 12.6. The fourth-order valence-corrected chi connectivity index (χ4v) is 3.43. The van der Waals surface area contributed by atoms with Gasteiger partial charge in [0.05, 0.1) is 0 Å². The zero-order chi connectivity index (χ0) is 19.1. The molecule has 0 saturated carbocycles. The summed E-state index contributed by atoms with van der Waals surface area (Å²) in [5.41, 5.74) is 2.91. The van der Waals surface area contributed by atoms with E-state index in [1.54, 1.807) is 12.2 Å². The van der Waals surface area contributed by atoms with Crippen LogP contribution in [0.4, 0.5) is 0 Å². The number of aromatic nitrogens is 4. The summed E-state index contributed by atoms with van der Waals surface area (Å²) in [6.07, 6.45) is 6.98. The first-order chi connectivity index (χ1) is 13.7. The van der Waals surface area contributed by atoms with Crippen molar-refractivity contribution in [1.29, 1.82) is 0 Å². The smallest absolute Gasteiger partial charge is 0.272 e. The Morgan fingerprint density at radius 1 is 0.607 bits per heavy atom. The third kappa shape index (κ3) is 2.68. The summed E-state index contributed by atoms with van der Waals surface area (Å²) in [4.78, 5) is 36.8. The highest BCUT2D eigenvalue weighted by molar-refractivity contribution is 5.89. The molecule has 0 unspecified atom stereocenters.